The van der Waals surface area contributed by atoms with Crippen LogP contribution in [0.25, 0.3) is 0 Å². The number of anilines is 1. The smallest absolute Gasteiger partial charge is 0.228 e. The van der Waals surface area contributed by atoms with Gasteiger partial charge in [0, 0.05) is 49.7 Å². The molecule has 4 heterocycles. The summed E-state index contributed by atoms with van der Waals surface area (Å²) in [5.74, 6) is 0.263. The van der Waals surface area contributed by atoms with Gasteiger partial charge in [-0.25, -0.2) is 0 Å². The van der Waals surface area contributed by atoms with E-state index < -0.39 is 0 Å². The summed E-state index contributed by atoms with van der Waals surface area (Å²) >= 11 is 1.65. The van der Waals surface area contributed by atoms with E-state index in [2.05, 4.69) is 27.6 Å². The van der Waals surface area contributed by atoms with Crippen molar-refractivity contribution in [3.05, 3.63) is 34.8 Å². The number of hydrogen-bond acceptors (Lipinski definition) is 4. The summed E-state index contributed by atoms with van der Waals surface area (Å²) in [6, 6.07) is 2.73. The summed E-state index contributed by atoms with van der Waals surface area (Å²) in [4.78, 5) is 16.8. The zero-order valence-electron chi connectivity index (χ0n) is 12.0. The number of aromatic nitrogens is 2. The molecule has 4 rings (SSSR count). The van der Waals surface area contributed by atoms with Crippen LogP contribution in [0.4, 0.5) is 5.69 Å². The molecule has 21 heavy (non-hydrogen) atoms. The zero-order valence-corrected chi connectivity index (χ0v) is 12.8. The van der Waals surface area contributed by atoms with Gasteiger partial charge in [-0.2, -0.15) is 16.4 Å². The Morgan fingerprint density at radius 3 is 3.05 bits per heavy atom. The van der Waals surface area contributed by atoms with Crippen LogP contribution in [0.2, 0.25) is 0 Å². The Morgan fingerprint density at radius 2 is 2.33 bits per heavy atom. The number of hydrogen-bond donors (Lipinski definition) is 0. The van der Waals surface area contributed by atoms with Gasteiger partial charge < -0.3 is 4.90 Å². The minimum absolute atomic E-state index is 0.263. The maximum absolute atomic E-state index is 12.4. The Balaban J connectivity index is 1.53. The van der Waals surface area contributed by atoms with Crippen molar-refractivity contribution in [2.24, 2.45) is 7.05 Å². The van der Waals surface area contributed by atoms with Gasteiger partial charge >= 0.3 is 0 Å². The third kappa shape index (κ3) is 2.18. The molecule has 0 N–H and O–H groups in total. The predicted molar refractivity (Wildman–Crippen MR) is 82.2 cm³/mol. The van der Waals surface area contributed by atoms with E-state index >= 15 is 0 Å². The first-order valence-corrected chi connectivity index (χ1v) is 8.22. The maximum Gasteiger partial charge on any atom is 0.228 e. The Hall–Kier alpha value is -1.66. The third-order valence-electron chi connectivity index (χ3n) is 4.54. The molecule has 0 aliphatic carbocycles. The molecular formula is C15H18N4OS. The zero-order chi connectivity index (χ0) is 14.4. The van der Waals surface area contributed by atoms with E-state index in [4.69, 9.17) is 0 Å². The van der Waals surface area contributed by atoms with Crippen LogP contribution in [0.5, 0.6) is 0 Å². The molecular weight excluding hydrogens is 284 g/mol. The average molecular weight is 302 g/mol. The van der Waals surface area contributed by atoms with Gasteiger partial charge in [-0.3, -0.25) is 14.4 Å². The van der Waals surface area contributed by atoms with Crippen LogP contribution in [0, 0.1) is 0 Å². The number of thiophene rings is 1. The summed E-state index contributed by atoms with van der Waals surface area (Å²) in [7, 11) is 1.94. The number of nitrogens with zero attached hydrogens (tertiary/aromatic N) is 4. The summed E-state index contributed by atoms with van der Waals surface area (Å²) < 4.78 is 1.83. The predicted octanol–water partition coefficient (Wildman–Crippen LogP) is 1.86. The van der Waals surface area contributed by atoms with Gasteiger partial charge in [-0.1, -0.05) is 0 Å². The second kappa shape index (κ2) is 4.96. The van der Waals surface area contributed by atoms with Crippen LogP contribution < -0.4 is 4.90 Å². The van der Waals surface area contributed by atoms with E-state index in [1.165, 1.54) is 5.56 Å². The number of amides is 1. The van der Waals surface area contributed by atoms with Crippen molar-refractivity contribution in [2.45, 2.75) is 31.5 Å². The van der Waals surface area contributed by atoms with E-state index in [0.717, 1.165) is 25.2 Å². The standard InChI is InChI=1S/C15H18N4OS/c1-17-8-11(7-16-17)9-18-4-2-13-14(18)6-15(20)19(13)12-3-5-21-10-12/h3,5,7-8,10,13-14H,2,4,6,9H2,1H3/t13-,14+/m0/s1. The topological polar surface area (TPSA) is 41.4 Å². The van der Waals surface area contributed by atoms with Crippen molar-refractivity contribution in [2.75, 3.05) is 11.4 Å². The molecule has 2 atom stereocenters. The molecule has 0 aromatic carbocycles. The molecule has 5 nitrogen and oxygen atoms in total. The lowest BCUT2D eigenvalue weighted by molar-refractivity contribution is -0.117. The molecule has 6 heteroatoms. The van der Waals surface area contributed by atoms with Crippen LogP contribution in [0.3, 0.4) is 0 Å². The van der Waals surface area contributed by atoms with Crippen molar-refractivity contribution in [3.63, 3.8) is 0 Å². The monoisotopic (exact) mass is 302 g/mol. The largest absolute Gasteiger partial charge is 0.307 e. The van der Waals surface area contributed by atoms with Crippen LogP contribution in [-0.4, -0.2) is 39.2 Å². The number of fused-ring (bicyclic) bond motifs is 1. The molecule has 0 saturated carbocycles. The molecule has 2 aromatic heterocycles. The normalized spacial score (nSPS) is 25.8. The van der Waals surface area contributed by atoms with Crippen LogP contribution >= 0.6 is 11.3 Å². The first kappa shape index (κ1) is 13.0. The third-order valence-corrected chi connectivity index (χ3v) is 5.21. The van der Waals surface area contributed by atoms with Crippen LogP contribution in [0.1, 0.15) is 18.4 Å². The lowest BCUT2D eigenvalue weighted by atomic mass is 10.1. The van der Waals surface area contributed by atoms with Crippen molar-refractivity contribution in [3.8, 4) is 0 Å². The van der Waals surface area contributed by atoms with Crippen molar-refractivity contribution in [1.29, 1.82) is 0 Å². The molecule has 0 bridgehead atoms. The highest BCUT2D eigenvalue weighted by atomic mass is 32.1. The highest BCUT2D eigenvalue weighted by Gasteiger charge is 2.47. The van der Waals surface area contributed by atoms with Crippen molar-refractivity contribution < 1.29 is 4.79 Å². The van der Waals surface area contributed by atoms with E-state index in [-0.39, 0.29) is 5.91 Å². The second-order valence-electron chi connectivity index (χ2n) is 5.87. The molecule has 2 fully saturated rings. The first-order valence-electron chi connectivity index (χ1n) is 7.28. The minimum atomic E-state index is 0.263. The number of carbonyl (C=O) groups is 1. The number of rotatable bonds is 3. The van der Waals surface area contributed by atoms with E-state index in [1.54, 1.807) is 11.3 Å². The molecule has 2 aliphatic rings. The molecule has 0 radical (unpaired) electrons. The molecule has 110 valence electrons. The Labute approximate surface area is 127 Å². The molecule has 2 saturated heterocycles. The van der Waals surface area contributed by atoms with Gasteiger partial charge in [0.15, 0.2) is 0 Å². The van der Waals surface area contributed by atoms with E-state index in [1.807, 2.05) is 28.2 Å². The van der Waals surface area contributed by atoms with Gasteiger partial charge in [0.1, 0.15) is 0 Å². The molecule has 0 unspecified atom stereocenters. The summed E-state index contributed by atoms with van der Waals surface area (Å²) in [6.45, 7) is 1.94. The highest BCUT2D eigenvalue weighted by Crippen LogP contribution is 2.37. The summed E-state index contributed by atoms with van der Waals surface area (Å²) in [5.41, 5.74) is 2.29. The van der Waals surface area contributed by atoms with Crippen LogP contribution in [-0.2, 0) is 18.4 Å². The van der Waals surface area contributed by atoms with E-state index in [0.29, 0.717) is 18.5 Å². The molecule has 2 aromatic rings. The number of carbonyl (C=O) groups excluding carboxylic acids is 1. The van der Waals surface area contributed by atoms with Gasteiger partial charge in [0.2, 0.25) is 5.91 Å². The lowest BCUT2D eigenvalue weighted by Crippen LogP contribution is -2.36. The van der Waals surface area contributed by atoms with Gasteiger partial charge in [-0.05, 0) is 17.9 Å². The van der Waals surface area contributed by atoms with Gasteiger partial charge in [-0.15, -0.1) is 0 Å². The average Bonchev–Trinajstić information content (AvgIpc) is 3.18. The number of likely N-dealkylation sites (tertiary alicyclic amines) is 1. The quantitative estimate of drug-likeness (QED) is 0.869. The Kier molecular flexibility index (Phi) is 3.08. The Morgan fingerprint density at radius 1 is 1.43 bits per heavy atom. The Bertz CT molecular complexity index is 650. The second-order valence-corrected chi connectivity index (χ2v) is 6.65. The molecule has 1 amide bonds. The van der Waals surface area contributed by atoms with Crippen LogP contribution in [0.15, 0.2) is 29.2 Å². The summed E-state index contributed by atoms with van der Waals surface area (Å²) in [6.07, 6.45) is 5.68. The van der Waals surface area contributed by atoms with Gasteiger partial charge in [0.05, 0.1) is 17.9 Å². The first-order chi connectivity index (χ1) is 10.2. The molecule has 2 aliphatic heterocycles. The fourth-order valence-electron chi connectivity index (χ4n) is 3.64. The highest BCUT2D eigenvalue weighted by molar-refractivity contribution is 7.08. The van der Waals surface area contributed by atoms with Crippen molar-refractivity contribution >= 4 is 22.9 Å². The fourth-order valence-corrected chi connectivity index (χ4v) is 4.27. The lowest BCUT2D eigenvalue weighted by Gasteiger charge is -2.24. The minimum Gasteiger partial charge on any atom is -0.307 e. The number of aryl methyl sites for hydroxylation is 1. The van der Waals surface area contributed by atoms with E-state index in [9.17, 15) is 4.79 Å². The van der Waals surface area contributed by atoms with Gasteiger partial charge in [0.25, 0.3) is 0 Å². The SMILES string of the molecule is Cn1cc(CN2CC[C@H]3[C@H]2CC(=O)N3c2ccsc2)cn1. The fraction of sp³-hybridized carbons (Fsp3) is 0.467. The molecule has 0 spiro atoms. The van der Waals surface area contributed by atoms with Crippen molar-refractivity contribution in [1.82, 2.24) is 14.7 Å². The maximum atomic E-state index is 12.4. The summed E-state index contributed by atoms with van der Waals surface area (Å²) in [5, 5.41) is 8.34.